The van der Waals surface area contributed by atoms with Gasteiger partial charge < -0.3 is 5.32 Å². The van der Waals surface area contributed by atoms with Crippen LogP contribution in [0.15, 0.2) is 22.7 Å². The van der Waals surface area contributed by atoms with E-state index in [4.69, 9.17) is 6.42 Å². The van der Waals surface area contributed by atoms with Crippen LogP contribution in [0, 0.1) is 19.3 Å². The Kier molecular flexibility index (Phi) is 6.32. The molecule has 0 radical (unpaired) electrons. The van der Waals surface area contributed by atoms with Crippen molar-refractivity contribution in [1.82, 2.24) is 5.32 Å². The molecule has 0 amide bonds. The molecule has 0 fully saturated rings. The number of benzene rings is 1. The summed E-state index contributed by atoms with van der Waals surface area (Å²) in [4.78, 5) is 0. The first-order valence-electron chi connectivity index (χ1n) is 6.12. The Morgan fingerprint density at radius 1 is 1.47 bits per heavy atom. The van der Waals surface area contributed by atoms with Crippen molar-refractivity contribution in [2.24, 2.45) is 0 Å². The fraction of sp³-hybridized carbons (Fsp3) is 0.467. The maximum Gasteiger partial charge on any atom is 0.0331 e. The zero-order chi connectivity index (χ0) is 12.7. The van der Waals surface area contributed by atoms with Gasteiger partial charge in [-0.1, -0.05) is 41.1 Å². The number of aryl methyl sites for hydroxylation is 1. The highest BCUT2D eigenvalue weighted by Crippen LogP contribution is 2.29. The van der Waals surface area contributed by atoms with Gasteiger partial charge in [0.15, 0.2) is 0 Å². The molecule has 1 atom stereocenters. The van der Waals surface area contributed by atoms with E-state index in [-0.39, 0.29) is 0 Å². The third-order valence-electron chi connectivity index (χ3n) is 2.86. The lowest BCUT2D eigenvalue weighted by Crippen LogP contribution is -2.21. The molecule has 1 rings (SSSR count). The predicted octanol–water partition coefficient (Wildman–Crippen LogP) is 4.21. The monoisotopic (exact) mass is 293 g/mol. The van der Waals surface area contributed by atoms with E-state index in [2.05, 4.69) is 59.2 Å². The Morgan fingerprint density at radius 2 is 2.24 bits per heavy atom. The lowest BCUT2D eigenvalue weighted by Gasteiger charge is -2.20. The predicted molar refractivity (Wildman–Crippen MR) is 78.0 cm³/mol. The molecule has 1 unspecified atom stereocenters. The molecule has 92 valence electrons. The van der Waals surface area contributed by atoms with Crippen molar-refractivity contribution in [2.45, 2.75) is 39.2 Å². The van der Waals surface area contributed by atoms with Crippen LogP contribution in [0.2, 0.25) is 0 Å². The average molecular weight is 294 g/mol. The molecule has 0 heterocycles. The van der Waals surface area contributed by atoms with Gasteiger partial charge in [-0.2, -0.15) is 0 Å². The van der Waals surface area contributed by atoms with E-state index in [9.17, 15) is 0 Å². The Labute approximate surface area is 113 Å². The second kappa shape index (κ2) is 7.53. The summed E-state index contributed by atoms with van der Waals surface area (Å²) in [6, 6.07) is 6.81. The molecule has 2 heteroatoms. The van der Waals surface area contributed by atoms with Gasteiger partial charge in [-0.3, -0.25) is 0 Å². The van der Waals surface area contributed by atoms with Crippen LogP contribution in [-0.2, 0) is 0 Å². The number of nitrogens with one attached hydrogen (secondary N) is 1. The van der Waals surface area contributed by atoms with E-state index in [0.29, 0.717) is 6.04 Å². The van der Waals surface area contributed by atoms with Crippen molar-refractivity contribution in [3.05, 3.63) is 33.8 Å². The number of hydrogen-bond acceptors (Lipinski definition) is 1. The minimum Gasteiger partial charge on any atom is -0.310 e. The Bertz CT molecular complexity index is 392. The second-order valence-electron chi connectivity index (χ2n) is 4.18. The zero-order valence-electron chi connectivity index (χ0n) is 10.6. The summed E-state index contributed by atoms with van der Waals surface area (Å²) in [5.74, 6) is 2.70. The van der Waals surface area contributed by atoms with Crippen LogP contribution in [-0.4, -0.2) is 6.54 Å². The fourth-order valence-electron chi connectivity index (χ4n) is 1.96. The van der Waals surface area contributed by atoms with Gasteiger partial charge in [0, 0.05) is 16.9 Å². The maximum absolute atomic E-state index is 5.30. The van der Waals surface area contributed by atoms with Crippen molar-refractivity contribution >= 4 is 15.9 Å². The molecule has 0 saturated carbocycles. The lowest BCUT2D eigenvalue weighted by atomic mass is 9.99. The number of terminal acetylenes is 1. The molecular weight excluding hydrogens is 274 g/mol. The SMILES string of the molecule is C#CCCCC(NCC)c1cccc(C)c1Br. The standard InChI is InChI=1S/C15H20BrN/c1-4-6-7-11-14(17-5-2)13-10-8-9-12(3)15(13)16/h1,8-10,14,17H,5-7,11H2,2-3H3. The van der Waals surface area contributed by atoms with Crippen LogP contribution in [0.5, 0.6) is 0 Å². The number of halogens is 1. The van der Waals surface area contributed by atoms with Gasteiger partial charge in [0.1, 0.15) is 0 Å². The maximum atomic E-state index is 5.30. The van der Waals surface area contributed by atoms with E-state index < -0.39 is 0 Å². The molecule has 1 aromatic rings. The van der Waals surface area contributed by atoms with Gasteiger partial charge in [0.05, 0.1) is 0 Å². The summed E-state index contributed by atoms with van der Waals surface area (Å²) in [5.41, 5.74) is 2.62. The molecule has 0 saturated heterocycles. The molecule has 1 aromatic carbocycles. The first kappa shape index (κ1) is 14.3. The van der Waals surface area contributed by atoms with E-state index in [1.807, 2.05) is 0 Å². The summed E-state index contributed by atoms with van der Waals surface area (Å²) in [5, 5.41) is 3.53. The third-order valence-corrected chi connectivity index (χ3v) is 3.94. The highest BCUT2D eigenvalue weighted by Gasteiger charge is 2.13. The van der Waals surface area contributed by atoms with Gasteiger partial charge >= 0.3 is 0 Å². The van der Waals surface area contributed by atoms with Crippen LogP contribution in [0.3, 0.4) is 0 Å². The Hall–Kier alpha value is -0.780. The molecule has 0 bridgehead atoms. The summed E-state index contributed by atoms with van der Waals surface area (Å²) in [6.07, 6.45) is 8.30. The van der Waals surface area contributed by atoms with Crippen molar-refractivity contribution in [3.8, 4) is 12.3 Å². The van der Waals surface area contributed by atoms with Crippen molar-refractivity contribution < 1.29 is 0 Å². The van der Waals surface area contributed by atoms with E-state index in [0.717, 1.165) is 25.8 Å². The molecule has 1 N–H and O–H groups in total. The molecule has 0 spiro atoms. The van der Waals surface area contributed by atoms with Crippen LogP contribution in [0.25, 0.3) is 0 Å². The number of unbranched alkanes of at least 4 members (excludes halogenated alkanes) is 1. The highest BCUT2D eigenvalue weighted by atomic mass is 79.9. The molecular formula is C15H20BrN. The molecule has 0 aromatic heterocycles. The van der Waals surface area contributed by atoms with Crippen LogP contribution >= 0.6 is 15.9 Å². The molecule has 0 aliphatic rings. The number of rotatable bonds is 6. The zero-order valence-corrected chi connectivity index (χ0v) is 12.2. The lowest BCUT2D eigenvalue weighted by molar-refractivity contribution is 0.500. The van der Waals surface area contributed by atoms with Crippen molar-refractivity contribution in [1.29, 1.82) is 0 Å². The Morgan fingerprint density at radius 3 is 2.88 bits per heavy atom. The first-order valence-corrected chi connectivity index (χ1v) is 6.91. The summed E-state index contributed by atoms with van der Waals surface area (Å²) < 4.78 is 1.21. The van der Waals surface area contributed by atoms with E-state index >= 15 is 0 Å². The normalized spacial score (nSPS) is 12.1. The molecule has 0 aliphatic heterocycles. The van der Waals surface area contributed by atoms with Gasteiger partial charge in [-0.15, -0.1) is 12.3 Å². The van der Waals surface area contributed by atoms with Gasteiger partial charge in [-0.05, 0) is 37.4 Å². The van der Waals surface area contributed by atoms with E-state index in [1.54, 1.807) is 0 Å². The minimum atomic E-state index is 0.391. The fourth-order valence-corrected chi connectivity index (χ4v) is 2.50. The van der Waals surface area contributed by atoms with Gasteiger partial charge in [0.25, 0.3) is 0 Å². The van der Waals surface area contributed by atoms with Gasteiger partial charge in [0.2, 0.25) is 0 Å². The average Bonchev–Trinajstić information content (AvgIpc) is 2.32. The van der Waals surface area contributed by atoms with Gasteiger partial charge in [-0.25, -0.2) is 0 Å². The summed E-state index contributed by atoms with van der Waals surface area (Å²) in [6.45, 7) is 5.23. The highest BCUT2D eigenvalue weighted by molar-refractivity contribution is 9.10. The largest absolute Gasteiger partial charge is 0.310 e. The second-order valence-corrected chi connectivity index (χ2v) is 4.98. The Balaban J connectivity index is 2.82. The molecule has 1 nitrogen and oxygen atoms in total. The van der Waals surface area contributed by atoms with Crippen LogP contribution in [0.1, 0.15) is 43.4 Å². The van der Waals surface area contributed by atoms with Crippen molar-refractivity contribution in [2.75, 3.05) is 6.54 Å². The molecule has 0 aliphatic carbocycles. The minimum absolute atomic E-state index is 0.391. The first-order chi connectivity index (χ1) is 8.20. The van der Waals surface area contributed by atoms with Crippen LogP contribution in [0.4, 0.5) is 0 Å². The van der Waals surface area contributed by atoms with Crippen LogP contribution < -0.4 is 5.32 Å². The van der Waals surface area contributed by atoms with Crippen molar-refractivity contribution in [3.63, 3.8) is 0 Å². The van der Waals surface area contributed by atoms with E-state index in [1.165, 1.54) is 15.6 Å². The smallest absolute Gasteiger partial charge is 0.0331 e. The molecule has 17 heavy (non-hydrogen) atoms. The summed E-state index contributed by atoms with van der Waals surface area (Å²) >= 11 is 3.68. The quantitative estimate of drug-likeness (QED) is 0.612. The number of hydrogen-bond donors (Lipinski definition) is 1. The third kappa shape index (κ3) is 4.18. The summed E-state index contributed by atoms with van der Waals surface area (Å²) in [7, 11) is 0. The topological polar surface area (TPSA) is 12.0 Å².